The van der Waals surface area contributed by atoms with Gasteiger partial charge in [0.2, 0.25) is 0 Å². The van der Waals surface area contributed by atoms with E-state index in [4.69, 9.17) is 5.73 Å². The van der Waals surface area contributed by atoms with E-state index >= 15 is 0 Å². The van der Waals surface area contributed by atoms with Crippen LogP contribution in [-0.2, 0) is 6.42 Å². The number of nitrogens with zero attached hydrogens (tertiary/aromatic N) is 1. The second-order valence-electron chi connectivity index (χ2n) is 7.85. The molecule has 150 valence electrons. The Morgan fingerprint density at radius 1 is 1.04 bits per heavy atom. The molecule has 2 N–H and O–H groups in total. The summed E-state index contributed by atoms with van der Waals surface area (Å²) < 4.78 is 0. The van der Waals surface area contributed by atoms with Gasteiger partial charge in [0.1, 0.15) is 0 Å². The van der Waals surface area contributed by atoms with Gasteiger partial charge in [-0.15, -0.1) is 12.4 Å². The zero-order valence-corrected chi connectivity index (χ0v) is 17.4. The monoisotopic (exact) mass is 400 g/mol. The van der Waals surface area contributed by atoms with Gasteiger partial charge in [0.25, 0.3) is 5.91 Å². The van der Waals surface area contributed by atoms with Gasteiger partial charge in [-0.05, 0) is 48.9 Å². The molecular formula is C23H29ClN2O2. The van der Waals surface area contributed by atoms with Crippen molar-refractivity contribution in [2.24, 2.45) is 11.8 Å². The highest BCUT2D eigenvalue weighted by Gasteiger charge is 2.28. The molecule has 0 spiro atoms. The summed E-state index contributed by atoms with van der Waals surface area (Å²) in [7, 11) is 0. The average Bonchev–Trinajstić information content (AvgIpc) is 2.67. The van der Waals surface area contributed by atoms with Crippen LogP contribution in [0.15, 0.2) is 48.5 Å². The molecule has 0 aliphatic carbocycles. The molecule has 1 heterocycles. The number of anilines is 1. The second-order valence-corrected chi connectivity index (χ2v) is 7.85. The van der Waals surface area contributed by atoms with Crippen molar-refractivity contribution in [2.45, 2.75) is 33.1 Å². The van der Waals surface area contributed by atoms with Crippen LogP contribution in [-0.4, -0.2) is 29.7 Å². The van der Waals surface area contributed by atoms with Gasteiger partial charge in [-0.2, -0.15) is 0 Å². The first-order valence-electron chi connectivity index (χ1n) is 9.72. The zero-order valence-electron chi connectivity index (χ0n) is 16.6. The van der Waals surface area contributed by atoms with Crippen molar-refractivity contribution in [3.8, 4) is 0 Å². The first-order valence-corrected chi connectivity index (χ1v) is 9.72. The lowest BCUT2D eigenvalue weighted by atomic mass is 9.88. The predicted octanol–water partition coefficient (Wildman–Crippen LogP) is 4.62. The molecule has 1 amide bonds. The normalized spacial score (nSPS) is 14.6. The van der Waals surface area contributed by atoms with Crippen molar-refractivity contribution in [3.63, 3.8) is 0 Å². The van der Waals surface area contributed by atoms with Crippen LogP contribution in [0.5, 0.6) is 0 Å². The van der Waals surface area contributed by atoms with Crippen LogP contribution in [0, 0.1) is 11.8 Å². The molecule has 2 aromatic rings. The Labute approximate surface area is 173 Å². The van der Waals surface area contributed by atoms with Crippen molar-refractivity contribution >= 4 is 29.8 Å². The minimum Gasteiger partial charge on any atom is -0.399 e. The van der Waals surface area contributed by atoms with Crippen LogP contribution in [0.2, 0.25) is 0 Å². The summed E-state index contributed by atoms with van der Waals surface area (Å²) in [5, 5.41) is 0. The van der Waals surface area contributed by atoms with Gasteiger partial charge in [-0.25, -0.2) is 0 Å². The Morgan fingerprint density at radius 3 is 2.25 bits per heavy atom. The fourth-order valence-electron chi connectivity index (χ4n) is 3.71. The molecule has 4 nitrogen and oxygen atoms in total. The molecule has 0 bridgehead atoms. The predicted molar refractivity (Wildman–Crippen MR) is 116 cm³/mol. The average molecular weight is 401 g/mol. The maximum Gasteiger partial charge on any atom is 0.253 e. The van der Waals surface area contributed by atoms with E-state index in [0.29, 0.717) is 43.1 Å². The summed E-state index contributed by atoms with van der Waals surface area (Å²) in [4.78, 5) is 27.2. The molecule has 0 saturated carbocycles. The number of amides is 1. The van der Waals surface area contributed by atoms with Crippen LogP contribution in [0.1, 0.15) is 53.0 Å². The van der Waals surface area contributed by atoms with E-state index in [0.717, 1.165) is 12.0 Å². The third-order valence-corrected chi connectivity index (χ3v) is 5.17. The molecule has 1 aliphatic rings. The minimum atomic E-state index is -0.00848. The Bertz CT molecular complexity index is 810. The van der Waals surface area contributed by atoms with E-state index in [1.165, 1.54) is 5.56 Å². The Morgan fingerprint density at radius 2 is 1.68 bits per heavy atom. The first-order chi connectivity index (χ1) is 12.9. The van der Waals surface area contributed by atoms with Crippen LogP contribution in [0.25, 0.3) is 0 Å². The topological polar surface area (TPSA) is 63.4 Å². The molecule has 1 aliphatic heterocycles. The molecule has 3 rings (SSSR count). The summed E-state index contributed by atoms with van der Waals surface area (Å²) in [5.41, 5.74) is 9.02. The van der Waals surface area contributed by atoms with Crippen molar-refractivity contribution < 1.29 is 9.59 Å². The fraction of sp³-hybridized carbons (Fsp3) is 0.391. The number of carbonyl (C=O) groups is 2. The van der Waals surface area contributed by atoms with Crippen molar-refractivity contribution in [1.29, 1.82) is 0 Å². The number of benzene rings is 2. The summed E-state index contributed by atoms with van der Waals surface area (Å²) in [6, 6.07) is 15.1. The van der Waals surface area contributed by atoms with Crippen LogP contribution < -0.4 is 5.73 Å². The fourth-order valence-corrected chi connectivity index (χ4v) is 3.71. The van der Waals surface area contributed by atoms with E-state index in [-0.39, 0.29) is 30.0 Å². The van der Waals surface area contributed by atoms with E-state index in [2.05, 4.69) is 26.0 Å². The summed E-state index contributed by atoms with van der Waals surface area (Å²) >= 11 is 0. The van der Waals surface area contributed by atoms with E-state index in [1.54, 1.807) is 24.3 Å². The Balaban J connectivity index is 0.00000280. The van der Waals surface area contributed by atoms with Gasteiger partial charge in [-0.1, -0.05) is 44.2 Å². The number of Topliss-reactive ketones (excluding diaryl/α,β-unsaturated/α-hetero) is 1. The lowest BCUT2D eigenvalue weighted by Crippen LogP contribution is -2.40. The summed E-state index contributed by atoms with van der Waals surface area (Å²) in [6.45, 7) is 5.60. The number of halogens is 1. The zero-order chi connectivity index (χ0) is 19.4. The number of hydrogen-bond acceptors (Lipinski definition) is 3. The maximum absolute atomic E-state index is 12.8. The smallest absolute Gasteiger partial charge is 0.253 e. The van der Waals surface area contributed by atoms with Gasteiger partial charge >= 0.3 is 0 Å². The van der Waals surface area contributed by atoms with Gasteiger partial charge in [-0.3, -0.25) is 9.59 Å². The number of likely N-dealkylation sites (tertiary alicyclic amines) is 1. The lowest BCUT2D eigenvalue weighted by Gasteiger charge is -2.31. The summed E-state index contributed by atoms with van der Waals surface area (Å²) in [6.07, 6.45) is 2.44. The molecule has 2 aromatic carbocycles. The van der Waals surface area contributed by atoms with Crippen molar-refractivity contribution in [1.82, 2.24) is 4.90 Å². The molecule has 28 heavy (non-hydrogen) atoms. The number of carbonyl (C=O) groups excluding carboxylic acids is 2. The Hall–Kier alpha value is -2.33. The molecule has 0 unspecified atom stereocenters. The van der Waals surface area contributed by atoms with Crippen molar-refractivity contribution in [2.75, 3.05) is 18.8 Å². The maximum atomic E-state index is 12.8. The molecule has 1 fully saturated rings. The molecule has 1 saturated heterocycles. The standard InChI is InChI=1S/C23H28N2O2.ClH/c1-16(2)14-17-6-8-18(9-7-17)22(26)19-10-12-25(13-11-19)23(27)20-4-3-5-21(24)15-20;/h3-9,15-16,19H,10-14,24H2,1-2H3;1H. The number of ketones is 1. The van der Waals surface area contributed by atoms with Gasteiger partial charge < -0.3 is 10.6 Å². The number of hydrogen-bond donors (Lipinski definition) is 1. The van der Waals surface area contributed by atoms with Crippen molar-refractivity contribution in [3.05, 3.63) is 65.2 Å². The number of piperidine rings is 1. The Kier molecular flexibility index (Phi) is 7.64. The summed E-state index contributed by atoms with van der Waals surface area (Å²) in [5.74, 6) is 0.785. The lowest BCUT2D eigenvalue weighted by molar-refractivity contribution is 0.0650. The number of nitrogen functional groups attached to an aromatic ring is 1. The van der Waals surface area contributed by atoms with Crippen LogP contribution in [0.3, 0.4) is 0 Å². The third-order valence-electron chi connectivity index (χ3n) is 5.17. The van der Waals surface area contributed by atoms with E-state index < -0.39 is 0 Å². The molecular weight excluding hydrogens is 372 g/mol. The highest BCUT2D eigenvalue weighted by molar-refractivity contribution is 5.98. The first kappa shape index (κ1) is 22.0. The third kappa shape index (κ3) is 5.35. The largest absolute Gasteiger partial charge is 0.399 e. The van der Waals surface area contributed by atoms with Gasteiger partial charge in [0.05, 0.1) is 0 Å². The minimum absolute atomic E-state index is 0. The quantitative estimate of drug-likeness (QED) is 0.588. The molecule has 5 heteroatoms. The number of rotatable bonds is 5. The van der Waals surface area contributed by atoms with Gasteiger partial charge in [0, 0.05) is 35.8 Å². The van der Waals surface area contributed by atoms with Crippen LogP contribution in [0.4, 0.5) is 5.69 Å². The SMILES string of the molecule is CC(C)Cc1ccc(C(=O)C2CCN(C(=O)c3cccc(N)c3)CC2)cc1.Cl. The van der Waals surface area contributed by atoms with Gasteiger partial charge in [0.15, 0.2) is 5.78 Å². The highest BCUT2D eigenvalue weighted by Crippen LogP contribution is 2.24. The van der Waals surface area contributed by atoms with Crippen LogP contribution >= 0.6 is 12.4 Å². The highest BCUT2D eigenvalue weighted by atomic mass is 35.5. The van der Waals surface area contributed by atoms with E-state index in [1.807, 2.05) is 17.0 Å². The molecule has 0 aromatic heterocycles. The second kappa shape index (κ2) is 9.74. The molecule has 0 atom stereocenters. The molecule has 0 radical (unpaired) electrons. The number of nitrogens with two attached hydrogens (primary N) is 1. The van der Waals surface area contributed by atoms with E-state index in [9.17, 15) is 9.59 Å².